The summed E-state index contributed by atoms with van der Waals surface area (Å²) in [5, 5.41) is 8.71. The summed E-state index contributed by atoms with van der Waals surface area (Å²) in [6.07, 6.45) is 7.04. The molecule has 0 spiro atoms. The molecule has 0 saturated carbocycles. The van der Waals surface area contributed by atoms with Crippen molar-refractivity contribution in [3.63, 3.8) is 0 Å². The molecule has 2 aromatic heterocycles. The van der Waals surface area contributed by atoms with E-state index in [-0.39, 0.29) is 0 Å². The highest BCUT2D eigenvalue weighted by Gasteiger charge is 1.97. The van der Waals surface area contributed by atoms with E-state index in [4.69, 9.17) is 10.00 Å². The molecule has 0 aromatic carbocycles. The Hall–Kier alpha value is -2.41. The van der Waals surface area contributed by atoms with Crippen molar-refractivity contribution in [2.24, 2.45) is 0 Å². The molecule has 2 rings (SSSR count). The highest BCUT2D eigenvalue weighted by molar-refractivity contribution is 5.29. The molecule has 90 valence electrons. The lowest BCUT2D eigenvalue weighted by Crippen LogP contribution is -2.00. The van der Waals surface area contributed by atoms with Gasteiger partial charge in [0.25, 0.3) is 0 Å². The Morgan fingerprint density at radius 1 is 1.17 bits per heavy atom. The smallest absolute Gasteiger partial charge is 0.144 e. The lowest BCUT2D eigenvalue weighted by atomic mass is 10.1. The Bertz CT molecular complexity index is 534. The number of hydrogen-bond acceptors (Lipinski definition) is 4. The second-order valence-electron chi connectivity index (χ2n) is 3.80. The summed E-state index contributed by atoms with van der Waals surface area (Å²) in [5.41, 5.74) is 1.63. The van der Waals surface area contributed by atoms with E-state index in [2.05, 4.69) is 9.97 Å². The number of hydrogen-bond donors (Lipinski definition) is 0. The second-order valence-corrected chi connectivity index (χ2v) is 3.80. The summed E-state index contributed by atoms with van der Waals surface area (Å²) in [4.78, 5) is 7.86. The summed E-state index contributed by atoms with van der Waals surface area (Å²) < 4.78 is 5.56. The fourth-order valence-electron chi connectivity index (χ4n) is 1.58. The van der Waals surface area contributed by atoms with E-state index in [1.165, 1.54) is 5.56 Å². The Morgan fingerprint density at radius 3 is 2.78 bits per heavy atom. The zero-order chi connectivity index (χ0) is 12.6. The van der Waals surface area contributed by atoms with Gasteiger partial charge in [-0.25, -0.2) is 4.98 Å². The molecule has 0 fully saturated rings. The van der Waals surface area contributed by atoms with Gasteiger partial charge in [-0.05, 0) is 36.6 Å². The highest BCUT2D eigenvalue weighted by Crippen LogP contribution is 2.11. The average molecular weight is 239 g/mol. The number of rotatable bonds is 5. The van der Waals surface area contributed by atoms with Crippen molar-refractivity contribution in [1.82, 2.24) is 9.97 Å². The summed E-state index contributed by atoms with van der Waals surface area (Å²) in [6, 6.07) is 9.39. The SMILES string of the molecule is N#Cc1cc(OCCCc2ccncc2)ccn1. The lowest BCUT2D eigenvalue weighted by Gasteiger charge is -2.05. The van der Waals surface area contributed by atoms with Gasteiger partial charge in [-0.15, -0.1) is 0 Å². The van der Waals surface area contributed by atoms with Gasteiger partial charge in [0, 0.05) is 24.7 Å². The van der Waals surface area contributed by atoms with Crippen LogP contribution in [-0.2, 0) is 6.42 Å². The Balaban J connectivity index is 1.77. The van der Waals surface area contributed by atoms with Gasteiger partial charge in [-0.2, -0.15) is 5.26 Å². The predicted molar refractivity (Wildman–Crippen MR) is 67.0 cm³/mol. The fourth-order valence-corrected chi connectivity index (χ4v) is 1.58. The van der Waals surface area contributed by atoms with Gasteiger partial charge in [0.1, 0.15) is 17.5 Å². The van der Waals surface area contributed by atoms with Gasteiger partial charge < -0.3 is 4.74 Å². The number of ether oxygens (including phenoxy) is 1. The largest absolute Gasteiger partial charge is 0.493 e. The molecule has 0 saturated heterocycles. The van der Waals surface area contributed by atoms with Crippen LogP contribution in [0.3, 0.4) is 0 Å². The molecule has 0 amide bonds. The molecule has 0 aliphatic rings. The second kappa shape index (κ2) is 6.36. The van der Waals surface area contributed by atoms with Crippen LogP contribution in [-0.4, -0.2) is 16.6 Å². The van der Waals surface area contributed by atoms with E-state index in [1.807, 2.05) is 18.2 Å². The Labute approximate surface area is 106 Å². The van der Waals surface area contributed by atoms with Crippen LogP contribution in [0.1, 0.15) is 17.7 Å². The predicted octanol–water partition coefficient (Wildman–Crippen LogP) is 2.36. The molecule has 0 aliphatic heterocycles. The summed E-state index contributed by atoms with van der Waals surface area (Å²) in [7, 11) is 0. The first-order chi connectivity index (χ1) is 8.88. The van der Waals surface area contributed by atoms with Crippen LogP contribution in [0.25, 0.3) is 0 Å². The van der Waals surface area contributed by atoms with Crippen molar-refractivity contribution in [3.8, 4) is 11.8 Å². The van der Waals surface area contributed by atoms with Gasteiger partial charge in [0.2, 0.25) is 0 Å². The molecule has 0 atom stereocenters. The highest BCUT2D eigenvalue weighted by atomic mass is 16.5. The van der Waals surface area contributed by atoms with Crippen LogP contribution in [0.2, 0.25) is 0 Å². The first kappa shape index (κ1) is 12.1. The Morgan fingerprint density at radius 2 is 2.00 bits per heavy atom. The fraction of sp³-hybridized carbons (Fsp3) is 0.214. The normalized spacial score (nSPS) is 9.72. The van der Waals surface area contributed by atoms with Crippen molar-refractivity contribution < 1.29 is 4.74 Å². The maximum absolute atomic E-state index is 8.71. The maximum atomic E-state index is 8.71. The van der Waals surface area contributed by atoms with E-state index in [9.17, 15) is 0 Å². The monoisotopic (exact) mass is 239 g/mol. The minimum absolute atomic E-state index is 0.377. The van der Waals surface area contributed by atoms with Crippen molar-refractivity contribution >= 4 is 0 Å². The number of aryl methyl sites for hydroxylation is 1. The van der Waals surface area contributed by atoms with E-state index in [0.717, 1.165) is 12.8 Å². The molecule has 4 nitrogen and oxygen atoms in total. The van der Waals surface area contributed by atoms with Crippen LogP contribution in [0.5, 0.6) is 5.75 Å². The Kier molecular flexibility index (Phi) is 4.26. The topological polar surface area (TPSA) is 58.8 Å². The zero-order valence-electron chi connectivity index (χ0n) is 9.91. The van der Waals surface area contributed by atoms with E-state index >= 15 is 0 Å². The standard InChI is InChI=1S/C14H13N3O/c15-11-13-10-14(5-8-17-13)18-9-1-2-12-3-6-16-7-4-12/h3-8,10H,1-2,9H2. The lowest BCUT2D eigenvalue weighted by molar-refractivity contribution is 0.310. The van der Waals surface area contributed by atoms with Crippen LogP contribution in [0.4, 0.5) is 0 Å². The molecule has 0 radical (unpaired) electrons. The molecular formula is C14H13N3O. The van der Waals surface area contributed by atoms with E-state index < -0.39 is 0 Å². The first-order valence-electron chi connectivity index (χ1n) is 5.76. The molecule has 0 bridgehead atoms. The molecule has 2 aromatic rings. The van der Waals surface area contributed by atoms with Crippen LogP contribution < -0.4 is 4.74 Å². The quantitative estimate of drug-likeness (QED) is 0.751. The number of nitriles is 1. The van der Waals surface area contributed by atoms with Crippen molar-refractivity contribution in [1.29, 1.82) is 5.26 Å². The van der Waals surface area contributed by atoms with Crippen LogP contribution >= 0.6 is 0 Å². The molecule has 4 heteroatoms. The van der Waals surface area contributed by atoms with Crippen molar-refractivity contribution in [2.45, 2.75) is 12.8 Å². The molecule has 18 heavy (non-hydrogen) atoms. The number of aromatic nitrogens is 2. The van der Waals surface area contributed by atoms with Gasteiger partial charge in [0.05, 0.1) is 6.61 Å². The molecular weight excluding hydrogens is 226 g/mol. The molecule has 0 N–H and O–H groups in total. The number of pyridine rings is 2. The molecule has 0 aliphatic carbocycles. The zero-order valence-corrected chi connectivity index (χ0v) is 9.91. The summed E-state index contributed by atoms with van der Waals surface area (Å²) >= 11 is 0. The first-order valence-corrected chi connectivity index (χ1v) is 5.76. The van der Waals surface area contributed by atoms with Crippen LogP contribution in [0.15, 0.2) is 42.9 Å². The maximum Gasteiger partial charge on any atom is 0.144 e. The third-order valence-corrected chi connectivity index (χ3v) is 2.47. The van der Waals surface area contributed by atoms with E-state index in [0.29, 0.717) is 18.1 Å². The van der Waals surface area contributed by atoms with Gasteiger partial charge in [0.15, 0.2) is 0 Å². The number of nitrogens with zero attached hydrogens (tertiary/aromatic N) is 3. The van der Waals surface area contributed by atoms with Crippen molar-refractivity contribution in [2.75, 3.05) is 6.61 Å². The molecule has 2 heterocycles. The van der Waals surface area contributed by atoms with Crippen molar-refractivity contribution in [3.05, 3.63) is 54.1 Å². The van der Waals surface area contributed by atoms with Gasteiger partial charge in [-0.1, -0.05) is 0 Å². The van der Waals surface area contributed by atoms with Gasteiger partial charge >= 0.3 is 0 Å². The van der Waals surface area contributed by atoms with Crippen LogP contribution in [0, 0.1) is 11.3 Å². The third kappa shape index (κ3) is 3.56. The summed E-state index contributed by atoms with van der Waals surface area (Å²) in [6.45, 7) is 0.622. The average Bonchev–Trinajstić information content (AvgIpc) is 2.45. The third-order valence-electron chi connectivity index (χ3n) is 2.47. The summed E-state index contributed by atoms with van der Waals surface area (Å²) in [5.74, 6) is 0.691. The minimum Gasteiger partial charge on any atom is -0.493 e. The van der Waals surface area contributed by atoms with E-state index in [1.54, 1.807) is 30.7 Å². The van der Waals surface area contributed by atoms with Gasteiger partial charge in [-0.3, -0.25) is 4.98 Å². The molecule has 0 unspecified atom stereocenters. The minimum atomic E-state index is 0.377.